The van der Waals surface area contributed by atoms with Gasteiger partial charge in [0.1, 0.15) is 0 Å². The number of halogens is 2. The minimum absolute atomic E-state index is 0. The predicted octanol–water partition coefficient (Wildman–Crippen LogP) is -3.82. The highest BCUT2D eigenvalue weighted by Crippen LogP contribution is 1.65. The van der Waals surface area contributed by atoms with E-state index in [9.17, 15) is 0 Å². The third-order valence-electron chi connectivity index (χ3n) is 0.880. The van der Waals surface area contributed by atoms with Gasteiger partial charge in [0.05, 0.1) is 19.0 Å². The predicted molar refractivity (Wildman–Crippen MR) is 34.1 cm³/mol. The van der Waals surface area contributed by atoms with Crippen molar-refractivity contribution in [1.29, 1.82) is 0 Å². The Balaban J connectivity index is 0. The second kappa shape index (κ2) is 11.3. The Labute approximate surface area is 67.0 Å². The molecule has 0 unspecified atom stereocenters. The van der Waals surface area contributed by atoms with Gasteiger partial charge in [-0.3, -0.25) is 0 Å². The molecule has 0 aromatic rings. The first-order valence-electron chi connectivity index (χ1n) is 2.90. The summed E-state index contributed by atoms with van der Waals surface area (Å²) in [6.45, 7) is 2.24. The number of aliphatic hydroxyl groups excluding tert-OH is 1. The molecule has 0 fully saturated rings. The molecule has 0 aromatic heterocycles. The molecule has 0 aliphatic carbocycles. The lowest BCUT2D eigenvalue weighted by atomic mass is 10.4. The molecule has 0 heterocycles. The maximum absolute atomic E-state index is 8.31. The zero-order valence-electron chi connectivity index (χ0n) is 5.32. The molecule has 0 saturated carbocycles. The summed E-state index contributed by atoms with van der Waals surface area (Å²) in [4.78, 5) is 0. The first-order chi connectivity index (χ1) is 3.91. The van der Waals surface area contributed by atoms with Crippen molar-refractivity contribution in [3.63, 3.8) is 0 Å². The number of hydrogen-bond donors (Lipinski definition) is 2. The van der Waals surface area contributed by atoms with E-state index in [-0.39, 0.29) is 12.4 Å². The van der Waals surface area contributed by atoms with Crippen LogP contribution in [-0.4, -0.2) is 30.7 Å². The number of aliphatic hydroxyl groups is 1. The van der Waals surface area contributed by atoms with Crippen LogP contribution in [0.4, 0.5) is 0 Å². The third-order valence-corrected chi connectivity index (χ3v) is 1.10. The number of hydrogen-bond acceptors (Lipinski definition) is 1. The zero-order chi connectivity index (χ0) is 6.24. The highest BCUT2D eigenvalue weighted by molar-refractivity contribution is 6.17. The summed E-state index contributed by atoms with van der Waals surface area (Å²) in [5, 5.41) is 10.4. The van der Waals surface area contributed by atoms with Gasteiger partial charge in [-0.2, -0.15) is 0 Å². The second-order valence-corrected chi connectivity index (χ2v) is 2.01. The first-order valence-corrected chi connectivity index (χ1v) is 3.43. The van der Waals surface area contributed by atoms with Gasteiger partial charge in [-0.15, -0.1) is 11.6 Å². The van der Waals surface area contributed by atoms with E-state index in [1.54, 1.807) is 0 Å². The number of alkyl halides is 1. The molecule has 0 spiro atoms. The van der Waals surface area contributed by atoms with Crippen molar-refractivity contribution in [3.05, 3.63) is 0 Å². The molecule has 0 atom stereocenters. The molecule has 0 amide bonds. The minimum Gasteiger partial charge on any atom is -1.00 e. The van der Waals surface area contributed by atoms with Crippen molar-refractivity contribution < 1.29 is 22.8 Å². The molecule has 4 heteroatoms. The lowest BCUT2D eigenvalue weighted by molar-refractivity contribution is -0.651. The van der Waals surface area contributed by atoms with Crippen molar-refractivity contribution in [2.45, 2.75) is 6.42 Å². The lowest BCUT2D eigenvalue weighted by Crippen LogP contribution is -3.00. The van der Waals surface area contributed by atoms with Gasteiger partial charge in [0.25, 0.3) is 0 Å². The number of nitrogens with two attached hydrogens (primary N) is 1. The summed E-state index contributed by atoms with van der Waals surface area (Å²) in [6.07, 6.45) is 0.872. The van der Waals surface area contributed by atoms with Crippen molar-refractivity contribution in [2.24, 2.45) is 0 Å². The van der Waals surface area contributed by atoms with Gasteiger partial charge in [-0.05, 0) is 0 Å². The maximum atomic E-state index is 8.31. The molecule has 0 rings (SSSR count). The Bertz CT molecular complexity index is 39.9. The average molecular weight is 174 g/mol. The Morgan fingerprint density at radius 3 is 2.44 bits per heavy atom. The SMILES string of the molecule is OCCC[NH2+]CCCl.[Cl-]. The molecule has 0 aliphatic rings. The van der Waals surface area contributed by atoms with E-state index in [1.165, 1.54) is 0 Å². The highest BCUT2D eigenvalue weighted by atomic mass is 35.5. The second-order valence-electron chi connectivity index (χ2n) is 1.63. The molecule has 58 valence electrons. The van der Waals surface area contributed by atoms with Gasteiger partial charge >= 0.3 is 0 Å². The fraction of sp³-hybridized carbons (Fsp3) is 1.00. The van der Waals surface area contributed by atoms with Gasteiger partial charge in [-0.25, -0.2) is 0 Å². The molecular formula is C5H13Cl2NO. The molecule has 2 nitrogen and oxygen atoms in total. The number of quaternary nitrogens is 1. The smallest absolute Gasteiger partial charge is 0.0893 e. The zero-order valence-corrected chi connectivity index (χ0v) is 6.83. The van der Waals surface area contributed by atoms with Crippen LogP contribution in [0.15, 0.2) is 0 Å². The largest absolute Gasteiger partial charge is 1.00 e. The van der Waals surface area contributed by atoms with Gasteiger partial charge < -0.3 is 22.8 Å². The van der Waals surface area contributed by atoms with Gasteiger partial charge in [0, 0.05) is 13.0 Å². The monoisotopic (exact) mass is 173 g/mol. The van der Waals surface area contributed by atoms with Crippen LogP contribution >= 0.6 is 11.6 Å². The van der Waals surface area contributed by atoms with Crippen molar-refractivity contribution in [3.8, 4) is 0 Å². The van der Waals surface area contributed by atoms with Gasteiger partial charge in [-0.1, -0.05) is 0 Å². The Morgan fingerprint density at radius 1 is 1.33 bits per heavy atom. The van der Waals surface area contributed by atoms with Crippen LogP contribution in [0.3, 0.4) is 0 Å². The summed E-state index contributed by atoms with van der Waals surface area (Å²) < 4.78 is 0. The topological polar surface area (TPSA) is 36.8 Å². The van der Waals surface area contributed by atoms with Crippen LogP contribution in [-0.2, 0) is 0 Å². The Hall–Kier alpha value is 0.500. The van der Waals surface area contributed by atoms with Crippen molar-refractivity contribution >= 4 is 11.6 Å². The van der Waals surface area contributed by atoms with E-state index in [0.717, 1.165) is 19.5 Å². The molecule has 0 saturated heterocycles. The molecule has 9 heavy (non-hydrogen) atoms. The molecule has 0 bridgehead atoms. The average Bonchev–Trinajstić information content (AvgIpc) is 1.81. The quantitative estimate of drug-likeness (QED) is 0.325. The van der Waals surface area contributed by atoms with E-state index in [2.05, 4.69) is 5.32 Å². The highest BCUT2D eigenvalue weighted by Gasteiger charge is 1.85. The summed E-state index contributed by atoms with van der Waals surface area (Å²) in [5.74, 6) is 0.700. The molecule has 0 aromatic carbocycles. The van der Waals surface area contributed by atoms with E-state index in [1.807, 2.05) is 0 Å². The van der Waals surface area contributed by atoms with E-state index < -0.39 is 0 Å². The van der Waals surface area contributed by atoms with Crippen LogP contribution < -0.4 is 17.7 Å². The van der Waals surface area contributed by atoms with Crippen LogP contribution in [0.25, 0.3) is 0 Å². The minimum atomic E-state index is 0. The van der Waals surface area contributed by atoms with E-state index in [0.29, 0.717) is 12.5 Å². The maximum Gasteiger partial charge on any atom is 0.0893 e. The summed E-state index contributed by atoms with van der Waals surface area (Å²) in [6, 6.07) is 0. The molecular weight excluding hydrogens is 161 g/mol. The van der Waals surface area contributed by atoms with Crippen molar-refractivity contribution in [2.75, 3.05) is 25.6 Å². The molecule has 0 aliphatic heterocycles. The van der Waals surface area contributed by atoms with Crippen molar-refractivity contribution in [1.82, 2.24) is 0 Å². The fourth-order valence-electron chi connectivity index (χ4n) is 0.457. The lowest BCUT2D eigenvalue weighted by Gasteiger charge is -1.94. The fourth-order valence-corrected chi connectivity index (χ4v) is 0.611. The first kappa shape index (κ1) is 12.2. The van der Waals surface area contributed by atoms with Crippen LogP contribution in [0.1, 0.15) is 6.42 Å². The standard InChI is InChI=1S/C5H12ClNO.ClH/c6-2-4-7-3-1-5-8;/h7-8H,1-5H2;1H. The van der Waals surface area contributed by atoms with Crippen LogP contribution in [0.2, 0.25) is 0 Å². The van der Waals surface area contributed by atoms with E-state index in [4.69, 9.17) is 16.7 Å². The molecule has 0 radical (unpaired) electrons. The van der Waals surface area contributed by atoms with E-state index >= 15 is 0 Å². The Kier molecular flexibility index (Phi) is 15.3. The van der Waals surface area contributed by atoms with Gasteiger partial charge in [0.15, 0.2) is 0 Å². The van der Waals surface area contributed by atoms with Gasteiger partial charge in [0.2, 0.25) is 0 Å². The summed E-state index contributed by atoms with van der Waals surface area (Å²) >= 11 is 5.39. The summed E-state index contributed by atoms with van der Waals surface area (Å²) in [5.41, 5.74) is 0. The third kappa shape index (κ3) is 11.9. The van der Waals surface area contributed by atoms with Crippen LogP contribution in [0, 0.1) is 0 Å². The summed E-state index contributed by atoms with van der Waals surface area (Å²) in [7, 11) is 0. The number of rotatable bonds is 5. The van der Waals surface area contributed by atoms with Crippen LogP contribution in [0.5, 0.6) is 0 Å². The Morgan fingerprint density at radius 2 is 2.00 bits per heavy atom. The molecule has 3 N–H and O–H groups in total. The normalized spacial score (nSPS) is 8.67.